The first-order valence-electron chi connectivity index (χ1n) is 9.22. The number of oxazole rings is 1. The highest BCUT2D eigenvalue weighted by Crippen LogP contribution is 2.30. The van der Waals surface area contributed by atoms with Crippen molar-refractivity contribution < 1.29 is 19.0 Å². The zero-order valence-corrected chi connectivity index (χ0v) is 16.1. The smallest absolute Gasteiger partial charge is 0.227 e. The molecule has 0 saturated carbocycles. The number of hydrogen-bond acceptors (Lipinski definition) is 6. The molecule has 0 aliphatic carbocycles. The fraction of sp³-hybridized carbons (Fsp3) is 0.130. The first-order chi connectivity index (χ1) is 14.2. The lowest BCUT2D eigenvalue weighted by molar-refractivity contribution is 0.318. The number of methoxy groups -OCH3 is 1. The number of aromatic hydroxyl groups is 1. The molecule has 146 valence electrons. The Balaban J connectivity index is 1.61. The fourth-order valence-corrected chi connectivity index (χ4v) is 2.91. The summed E-state index contributed by atoms with van der Waals surface area (Å²) in [6, 6.07) is 18.3. The van der Waals surface area contributed by atoms with Crippen molar-refractivity contribution in [1.29, 1.82) is 0 Å². The second kappa shape index (κ2) is 8.06. The van der Waals surface area contributed by atoms with Crippen molar-refractivity contribution in [1.82, 2.24) is 4.98 Å². The van der Waals surface area contributed by atoms with E-state index in [1.165, 1.54) is 0 Å². The van der Waals surface area contributed by atoms with Crippen LogP contribution in [0.5, 0.6) is 17.2 Å². The second-order valence-electron chi connectivity index (χ2n) is 6.28. The summed E-state index contributed by atoms with van der Waals surface area (Å²) in [6.45, 7) is 2.35. The summed E-state index contributed by atoms with van der Waals surface area (Å²) in [6.07, 6.45) is 1.60. The molecule has 0 aliphatic heterocycles. The van der Waals surface area contributed by atoms with Gasteiger partial charge in [0.05, 0.1) is 19.4 Å². The first-order valence-corrected chi connectivity index (χ1v) is 9.22. The van der Waals surface area contributed by atoms with Crippen molar-refractivity contribution >= 4 is 23.0 Å². The SMILES string of the molecule is CCOc1cccc(C=Nc2ccc3oc(-c4ccc(OC)cc4)nc3c2)c1O. The maximum Gasteiger partial charge on any atom is 0.227 e. The van der Waals surface area contributed by atoms with E-state index < -0.39 is 0 Å². The molecule has 6 nitrogen and oxygen atoms in total. The van der Waals surface area contributed by atoms with Crippen LogP contribution in [0.25, 0.3) is 22.6 Å². The number of aromatic nitrogens is 1. The lowest BCUT2D eigenvalue weighted by atomic mass is 10.2. The largest absolute Gasteiger partial charge is 0.504 e. The predicted octanol–water partition coefficient (Wildman–Crippen LogP) is 5.36. The van der Waals surface area contributed by atoms with Gasteiger partial charge in [-0.3, -0.25) is 4.99 Å². The van der Waals surface area contributed by atoms with Gasteiger partial charge in [-0.1, -0.05) is 6.07 Å². The van der Waals surface area contributed by atoms with E-state index in [1.54, 1.807) is 25.5 Å². The van der Waals surface area contributed by atoms with E-state index in [0.717, 1.165) is 11.3 Å². The normalized spacial score (nSPS) is 11.2. The summed E-state index contributed by atoms with van der Waals surface area (Å²) in [5.41, 5.74) is 3.53. The summed E-state index contributed by atoms with van der Waals surface area (Å²) in [5.74, 6) is 1.82. The second-order valence-corrected chi connectivity index (χ2v) is 6.28. The highest BCUT2D eigenvalue weighted by atomic mass is 16.5. The number of nitrogens with zero attached hydrogens (tertiary/aromatic N) is 2. The average molecular weight is 388 g/mol. The Morgan fingerprint density at radius 3 is 2.69 bits per heavy atom. The molecule has 0 saturated heterocycles. The van der Waals surface area contributed by atoms with Gasteiger partial charge >= 0.3 is 0 Å². The minimum absolute atomic E-state index is 0.0717. The van der Waals surface area contributed by atoms with Crippen LogP contribution in [0.4, 0.5) is 5.69 Å². The number of fused-ring (bicyclic) bond motifs is 1. The summed E-state index contributed by atoms with van der Waals surface area (Å²) in [5, 5.41) is 10.3. The van der Waals surface area contributed by atoms with Crippen LogP contribution < -0.4 is 9.47 Å². The molecule has 0 radical (unpaired) electrons. The van der Waals surface area contributed by atoms with Gasteiger partial charge in [-0.05, 0) is 61.5 Å². The molecule has 1 N–H and O–H groups in total. The molecule has 0 spiro atoms. The van der Waals surface area contributed by atoms with E-state index in [1.807, 2.05) is 55.5 Å². The molecule has 0 amide bonds. The number of aliphatic imine (C=N–C) groups is 1. The molecule has 0 unspecified atom stereocenters. The van der Waals surface area contributed by atoms with Crippen LogP contribution >= 0.6 is 0 Å². The molecular formula is C23H20N2O4. The molecule has 4 aromatic rings. The maximum absolute atomic E-state index is 10.3. The molecule has 1 aromatic heterocycles. The molecule has 1 heterocycles. The van der Waals surface area contributed by atoms with Crippen LogP contribution in [0, 0.1) is 0 Å². The number of benzene rings is 3. The quantitative estimate of drug-likeness (QED) is 0.450. The standard InChI is InChI=1S/C23H20N2O4/c1-3-28-21-6-4-5-16(22(21)26)14-24-17-9-12-20-19(13-17)25-23(29-20)15-7-10-18(27-2)11-8-15/h4-14,26H,3H2,1-2H3. The Hall–Kier alpha value is -3.80. The zero-order valence-electron chi connectivity index (χ0n) is 16.1. The van der Waals surface area contributed by atoms with Gasteiger partial charge in [-0.25, -0.2) is 4.98 Å². The van der Waals surface area contributed by atoms with Gasteiger partial charge in [-0.15, -0.1) is 0 Å². The third kappa shape index (κ3) is 3.91. The Morgan fingerprint density at radius 1 is 1.10 bits per heavy atom. The minimum atomic E-state index is 0.0717. The van der Waals surface area contributed by atoms with Gasteiger partial charge in [0.1, 0.15) is 11.3 Å². The van der Waals surface area contributed by atoms with E-state index in [9.17, 15) is 5.11 Å². The van der Waals surface area contributed by atoms with E-state index in [0.29, 0.717) is 40.6 Å². The van der Waals surface area contributed by atoms with E-state index in [-0.39, 0.29) is 5.75 Å². The molecule has 4 rings (SSSR count). The summed E-state index contributed by atoms with van der Waals surface area (Å²) >= 11 is 0. The monoisotopic (exact) mass is 388 g/mol. The van der Waals surface area contributed by atoms with Crippen molar-refractivity contribution in [2.24, 2.45) is 4.99 Å². The Kier molecular flexibility index (Phi) is 5.16. The average Bonchev–Trinajstić information content (AvgIpc) is 3.18. The number of phenols is 1. The number of phenolic OH excluding ortho intramolecular Hbond substituents is 1. The molecule has 3 aromatic carbocycles. The number of para-hydroxylation sites is 1. The Bertz CT molecular complexity index is 1160. The summed E-state index contributed by atoms with van der Waals surface area (Å²) in [4.78, 5) is 9.01. The molecule has 0 fully saturated rings. The van der Waals surface area contributed by atoms with Crippen molar-refractivity contribution in [3.8, 4) is 28.7 Å². The number of ether oxygens (including phenoxy) is 2. The van der Waals surface area contributed by atoms with E-state index in [2.05, 4.69) is 9.98 Å². The summed E-state index contributed by atoms with van der Waals surface area (Å²) in [7, 11) is 1.63. The van der Waals surface area contributed by atoms with Crippen molar-refractivity contribution in [3.05, 3.63) is 66.2 Å². The molecule has 0 bridgehead atoms. The van der Waals surface area contributed by atoms with Crippen LogP contribution in [0.3, 0.4) is 0 Å². The van der Waals surface area contributed by atoms with E-state index >= 15 is 0 Å². The third-order valence-electron chi connectivity index (χ3n) is 4.39. The molecular weight excluding hydrogens is 368 g/mol. The van der Waals surface area contributed by atoms with Gasteiger partial charge < -0.3 is 19.0 Å². The van der Waals surface area contributed by atoms with Crippen molar-refractivity contribution in [2.45, 2.75) is 6.92 Å². The van der Waals surface area contributed by atoms with Crippen LogP contribution in [0.1, 0.15) is 12.5 Å². The zero-order chi connectivity index (χ0) is 20.2. The number of hydrogen-bond donors (Lipinski definition) is 1. The molecule has 29 heavy (non-hydrogen) atoms. The minimum Gasteiger partial charge on any atom is -0.504 e. The lowest BCUT2D eigenvalue weighted by Gasteiger charge is -2.07. The van der Waals surface area contributed by atoms with Crippen LogP contribution in [-0.2, 0) is 0 Å². The highest BCUT2D eigenvalue weighted by Gasteiger charge is 2.09. The summed E-state index contributed by atoms with van der Waals surface area (Å²) < 4.78 is 16.4. The molecule has 0 aliphatic rings. The fourth-order valence-electron chi connectivity index (χ4n) is 2.91. The van der Waals surface area contributed by atoms with Crippen molar-refractivity contribution in [3.63, 3.8) is 0 Å². The van der Waals surface area contributed by atoms with Gasteiger partial charge in [0.15, 0.2) is 17.1 Å². The van der Waals surface area contributed by atoms with Gasteiger partial charge in [0, 0.05) is 17.3 Å². The first kappa shape index (κ1) is 18.6. The van der Waals surface area contributed by atoms with Gasteiger partial charge in [0.2, 0.25) is 5.89 Å². The maximum atomic E-state index is 10.3. The van der Waals surface area contributed by atoms with Crippen LogP contribution in [-0.4, -0.2) is 30.0 Å². The molecule has 6 heteroatoms. The van der Waals surface area contributed by atoms with Gasteiger partial charge in [-0.2, -0.15) is 0 Å². The molecule has 0 atom stereocenters. The highest BCUT2D eigenvalue weighted by molar-refractivity contribution is 5.88. The topological polar surface area (TPSA) is 77.1 Å². The van der Waals surface area contributed by atoms with Gasteiger partial charge in [0.25, 0.3) is 0 Å². The van der Waals surface area contributed by atoms with Crippen LogP contribution in [0.2, 0.25) is 0 Å². The Labute approximate surface area is 168 Å². The van der Waals surface area contributed by atoms with E-state index in [4.69, 9.17) is 13.9 Å². The predicted molar refractivity (Wildman–Crippen MR) is 113 cm³/mol. The lowest BCUT2D eigenvalue weighted by Crippen LogP contribution is -1.93. The van der Waals surface area contributed by atoms with Crippen LogP contribution in [0.15, 0.2) is 70.1 Å². The van der Waals surface area contributed by atoms with Crippen molar-refractivity contribution in [2.75, 3.05) is 13.7 Å². The Morgan fingerprint density at radius 2 is 1.93 bits per heavy atom. The third-order valence-corrected chi connectivity index (χ3v) is 4.39. The number of rotatable bonds is 6.